The van der Waals surface area contributed by atoms with Crippen molar-refractivity contribution in [2.24, 2.45) is 5.92 Å². The van der Waals surface area contributed by atoms with Crippen LogP contribution in [-0.2, 0) is 19.6 Å². The Labute approximate surface area is 128 Å². The van der Waals surface area contributed by atoms with Crippen LogP contribution in [0.5, 0.6) is 0 Å². The van der Waals surface area contributed by atoms with Crippen molar-refractivity contribution in [3.05, 3.63) is 29.3 Å². The first kappa shape index (κ1) is 16.2. The zero-order chi connectivity index (χ0) is 15.6. The predicted octanol–water partition coefficient (Wildman–Crippen LogP) is 1.80. The van der Waals surface area contributed by atoms with Gasteiger partial charge in [-0.05, 0) is 25.0 Å². The number of hydrogen-bond donors (Lipinski definition) is 1. The van der Waals surface area contributed by atoms with Crippen molar-refractivity contribution in [2.45, 2.75) is 24.0 Å². The Morgan fingerprint density at radius 2 is 2.10 bits per heavy atom. The zero-order valence-corrected chi connectivity index (χ0v) is 13.0. The van der Waals surface area contributed by atoms with Crippen molar-refractivity contribution in [3.8, 4) is 0 Å². The number of rotatable bonds is 4. The maximum atomic E-state index is 12.7. The quantitative estimate of drug-likeness (QED) is 0.908. The number of benzene rings is 1. The van der Waals surface area contributed by atoms with Crippen LogP contribution in [0.25, 0.3) is 0 Å². The molecule has 6 nitrogen and oxygen atoms in total. The summed E-state index contributed by atoms with van der Waals surface area (Å²) in [4.78, 5) is 11.2. The van der Waals surface area contributed by atoms with Gasteiger partial charge in [0, 0.05) is 13.7 Å². The Hall–Kier alpha value is -1.15. The van der Waals surface area contributed by atoms with E-state index < -0.39 is 28.1 Å². The lowest BCUT2D eigenvalue weighted by molar-refractivity contribution is -0.154. The number of piperidine rings is 1. The molecule has 0 aromatic heterocycles. The molecule has 2 unspecified atom stereocenters. The van der Waals surface area contributed by atoms with Crippen molar-refractivity contribution in [1.29, 1.82) is 0 Å². The predicted molar refractivity (Wildman–Crippen MR) is 76.5 cm³/mol. The van der Waals surface area contributed by atoms with E-state index >= 15 is 0 Å². The molecule has 0 bridgehead atoms. The van der Waals surface area contributed by atoms with E-state index in [0.717, 1.165) is 4.31 Å². The van der Waals surface area contributed by atoms with Crippen molar-refractivity contribution >= 4 is 27.6 Å². The van der Waals surface area contributed by atoms with Crippen molar-refractivity contribution in [3.63, 3.8) is 0 Å². The average Bonchev–Trinajstić information content (AvgIpc) is 2.46. The van der Waals surface area contributed by atoms with Crippen LogP contribution in [0.1, 0.15) is 12.8 Å². The van der Waals surface area contributed by atoms with E-state index in [1.807, 2.05) is 0 Å². The second-order valence-electron chi connectivity index (χ2n) is 4.76. The molecule has 1 saturated heterocycles. The van der Waals surface area contributed by atoms with Gasteiger partial charge in [0.25, 0.3) is 0 Å². The number of hydrogen-bond acceptors (Lipinski definition) is 4. The van der Waals surface area contributed by atoms with Gasteiger partial charge in [0.1, 0.15) is 11.1 Å². The summed E-state index contributed by atoms with van der Waals surface area (Å²) in [6.07, 6.45) is -0.194. The molecule has 1 N–H and O–H groups in total. The zero-order valence-electron chi connectivity index (χ0n) is 11.4. The molecule has 0 aliphatic carbocycles. The molecule has 1 aliphatic rings. The summed E-state index contributed by atoms with van der Waals surface area (Å²) in [7, 11) is -2.60. The molecule has 1 fully saturated rings. The van der Waals surface area contributed by atoms with Crippen LogP contribution in [0.15, 0.2) is 29.2 Å². The van der Waals surface area contributed by atoms with Gasteiger partial charge in [-0.25, -0.2) is 8.42 Å². The van der Waals surface area contributed by atoms with Crippen LogP contribution >= 0.6 is 11.6 Å². The largest absolute Gasteiger partial charge is 0.481 e. The fourth-order valence-electron chi connectivity index (χ4n) is 2.50. The van der Waals surface area contributed by atoms with Crippen LogP contribution in [-0.4, -0.2) is 43.7 Å². The second kappa shape index (κ2) is 6.31. The van der Waals surface area contributed by atoms with E-state index in [-0.39, 0.29) is 16.5 Å². The highest BCUT2D eigenvalue weighted by Crippen LogP contribution is 2.32. The first-order chi connectivity index (χ1) is 9.89. The summed E-state index contributed by atoms with van der Waals surface area (Å²) in [6.45, 7) is 0.204. The van der Waals surface area contributed by atoms with Gasteiger partial charge in [0.05, 0.1) is 10.9 Å². The summed E-state index contributed by atoms with van der Waals surface area (Å²) in [6, 6.07) is 6.08. The average molecular weight is 334 g/mol. The Bertz CT molecular complexity index is 633. The number of halogens is 1. The number of methoxy groups -OCH3 is 1. The molecule has 0 spiro atoms. The summed E-state index contributed by atoms with van der Waals surface area (Å²) in [5.74, 6) is -1.96. The van der Waals surface area contributed by atoms with Gasteiger partial charge in [0.15, 0.2) is 0 Å². The molecule has 1 aromatic rings. The van der Waals surface area contributed by atoms with Crippen LogP contribution in [0.2, 0.25) is 5.02 Å². The number of carbonyl (C=O) groups is 1. The lowest BCUT2D eigenvalue weighted by atomic mass is 9.98. The third-order valence-corrected chi connectivity index (χ3v) is 5.86. The Kier molecular flexibility index (Phi) is 4.88. The summed E-state index contributed by atoms with van der Waals surface area (Å²) >= 11 is 5.95. The normalized spacial score (nSPS) is 23.9. The maximum Gasteiger partial charge on any atom is 0.310 e. The number of ether oxygens (including phenoxy) is 1. The van der Waals surface area contributed by atoms with E-state index in [0.29, 0.717) is 12.8 Å². The van der Waals surface area contributed by atoms with E-state index in [1.54, 1.807) is 12.1 Å². The minimum absolute atomic E-state index is 0.0419. The van der Waals surface area contributed by atoms with Gasteiger partial charge in [-0.2, -0.15) is 4.31 Å². The summed E-state index contributed by atoms with van der Waals surface area (Å²) in [5, 5.41) is 9.32. The highest BCUT2D eigenvalue weighted by molar-refractivity contribution is 7.89. The number of aliphatic carboxylic acids is 1. The minimum atomic E-state index is -3.91. The van der Waals surface area contributed by atoms with Gasteiger partial charge in [0.2, 0.25) is 10.0 Å². The fourth-order valence-corrected chi connectivity index (χ4v) is 4.62. The highest BCUT2D eigenvalue weighted by Gasteiger charge is 2.43. The second-order valence-corrected chi connectivity index (χ2v) is 7.03. The molecule has 2 atom stereocenters. The third kappa shape index (κ3) is 3.06. The number of nitrogens with zero attached hydrogens (tertiary/aromatic N) is 1. The molecule has 8 heteroatoms. The summed E-state index contributed by atoms with van der Waals surface area (Å²) < 4.78 is 31.7. The number of carboxylic acid groups (broad SMARTS) is 1. The topological polar surface area (TPSA) is 83.9 Å². The minimum Gasteiger partial charge on any atom is -0.481 e. The van der Waals surface area contributed by atoms with Crippen LogP contribution < -0.4 is 0 Å². The summed E-state index contributed by atoms with van der Waals surface area (Å²) in [5.41, 5.74) is 0. The Morgan fingerprint density at radius 3 is 2.67 bits per heavy atom. The molecule has 1 aromatic carbocycles. The maximum absolute atomic E-state index is 12.7. The van der Waals surface area contributed by atoms with E-state index in [2.05, 4.69) is 0 Å². The van der Waals surface area contributed by atoms with Crippen molar-refractivity contribution in [2.75, 3.05) is 13.7 Å². The Balaban J connectivity index is 2.43. The molecule has 116 valence electrons. The first-order valence-corrected chi connectivity index (χ1v) is 8.23. The van der Waals surface area contributed by atoms with E-state index in [4.69, 9.17) is 16.3 Å². The molecular formula is C13H16ClNO5S. The highest BCUT2D eigenvalue weighted by atomic mass is 35.5. The smallest absolute Gasteiger partial charge is 0.310 e. The van der Waals surface area contributed by atoms with Crippen LogP contribution in [0.4, 0.5) is 0 Å². The number of carboxylic acids is 1. The molecule has 0 saturated carbocycles. The molecule has 1 heterocycles. The van der Waals surface area contributed by atoms with Gasteiger partial charge >= 0.3 is 5.97 Å². The fraction of sp³-hybridized carbons (Fsp3) is 0.462. The monoisotopic (exact) mass is 333 g/mol. The lowest BCUT2D eigenvalue weighted by Crippen LogP contribution is -2.51. The molecule has 21 heavy (non-hydrogen) atoms. The van der Waals surface area contributed by atoms with E-state index in [1.165, 1.54) is 19.2 Å². The van der Waals surface area contributed by atoms with Gasteiger partial charge in [-0.3, -0.25) is 4.79 Å². The standard InChI is InChI=1S/C13H16ClNO5S/c1-20-12-9(13(16)17)5-4-8-15(12)21(18,19)11-7-3-2-6-10(11)14/h2-3,6-7,9,12H,4-5,8H2,1H3,(H,16,17). The van der Waals surface area contributed by atoms with Gasteiger partial charge in [-0.15, -0.1) is 0 Å². The molecule has 0 amide bonds. The number of sulfonamides is 1. The molecule has 2 rings (SSSR count). The van der Waals surface area contributed by atoms with Crippen molar-refractivity contribution < 1.29 is 23.1 Å². The van der Waals surface area contributed by atoms with E-state index in [9.17, 15) is 18.3 Å². The molecular weight excluding hydrogens is 318 g/mol. The Morgan fingerprint density at radius 1 is 1.43 bits per heavy atom. The molecule has 1 aliphatic heterocycles. The lowest BCUT2D eigenvalue weighted by Gasteiger charge is -2.37. The van der Waals surface area contributed by atoms with Gasteiger partial charge in [-0.1, -0.05) is 23.7 Å². The SMILES string of the molecule is COC1C(C(=O)O)CCCN1S(=O)(=O)c1ccccc1Cl. The van der Waals surface area contributed by atoms with Crippen molar-refractivity contribution in [1.82, 2.24) is 4.31 Å². The van der Waals surface area contributed by atoms with Gasteiger partial charge < -0.3 is 9.84 Å². The first-order valence-electron chi connectivity index (χ1n) is 6.41. The van der Waals surface area contributed by atoms with Crippen LogP contribution in [0, 0.1) is 5.92 Å². The van der Waals surface area contributed by atoms with Crippen LogP contribution in [0.3, 0.4) is 0 Å². The third-order valence-electron chi connectivity index (χ3n) is 3.50. The molecule has 0 radical (unpaired) electrons.